The molecule has 1 aromatic heterocycles. The van der Waals surface area contributed by atoms with Gasteiger partial charge in [0.15, 0.2) is 8.32 Å². The van der Waals surface area contributed by atoms with Crippen LogP contribution in [0.1, 0.15) is 162 Å². The molecule has 0 fully saturated rings. The zero-order chi connectivity index (χ0) is 35.0. The summed E-state index contributed by atoms with van der Waals surface area (Å²) in [6.45, 7) is 18.4. The predicted octanol–water partition coefficient (Wildman–Crippen LogP) is 11.5. The van der Waals surface area contributed by atoms with Crippen LogP contribution in [0.4, 0.5) is 0 Å². The van der Waals surface area contributed by atoms with Crippen LogP contribution >= 0.6 is 0 Å². The van der Waals surface area contributed by atoms with E-state index in [2.05, 4.69) is 64.6 Å². The number of ether oxygens (including phenoxy) is 2. The van der Waals surface area contributed by atoms with Crippen LogP contribution in [0.3, 0.4) is 0 Å². The molecule has 0 aliphatic rings. The van der Waals surface area contributed by atoms with E-state index in [9.17, 15) is 5.26 Å². The van der Waals surface area contributed by atoms with Gasteiger partial charge in [-0.15, -0.1) is 0 Å². The second kappa shape index (κ2) is 25.0. The minimum Gasteiger partial charge on any atom is -0.413 e. The van der Waals surface area contributed by atoms with Crippen molar-refractivity contribution in [1.82, 2.24) is 14.8 Å². The summed E-state index contributed by atoms with van der Waals surface area (Å²) < 4.78 is 21.3. The van der Waals surface area contributed by atoms with E-state index in [0.717, 1.165) is 18.6 Å². The summed E-state index contributed by atoms with van der Waals surface area (Å²) in [5.74, 6) is 0. The second-order valence-corrected chi connectivity index (χ2v) is 20.2. The second-order valence-electron chi connectivity index (χ2n) is 14.7. The number of nitriles is 1. The molecule has 0 amide bonds. The molecule has 0 aliphatic carbocycles. The van der Waals surface area contributed by atoms with Crippen molar-refractivity contribution < 1.29 is 13.9 Å². The molecule has 0 bridgehead atoms. The largest absolute Gasteiger partial charge is 0.413 e. The highest BCUT2D eigenvalue weighted by molar-refractivity contribution is 6.77. The molecule has 1 aromatic carbocycles. The van der Waals surface area contributed by atoms with Crippen LogP contribution in [0.2, 0.25) is 16.6 Å². The Kier molecular flexibility index (Phi) is 21.9. The summed E-state index contributed by atoms with van der Waals surface area (Å²) >= 11 is 0. The summed E-state index contributed by atoms with van der Waals surface area (Å²) in [6.07, 6.45) is 24.8. The average Bonchev–Trinajstić information content (AvgIpc) is 3.61. The van der Waals surface area contributed by atoms with E-state index in [1.54, 1.807) is 11.0 Å². The normalized spacial score (nSPS) is 12.8. The SMILES string of the molecule is CCCCCCCCCCCCCCCCCCOCC(CO[Si](C(C)C)(C(C)C)C(C)C)OCc1ccc(C#N)c(-n2cncn2)c1. The van der Waals surface area contributed by atoms with Gasteiger partial charge in [-0.3, -0.25) is 0 Å². The van der Waals surface area contributed by atoms with Crippen LogP contribution in [0.5, 0.6) is 0 Å². The van der Waals surface area contributed by atoms with Gasteiger partial charge >= 0.3 is 0 Å². The molecule has 1 unspecified atom stereocenters. The van der Waals surface area contributed by atoms with Gasteiger partial charge in [-0.2, -0.15) is 10.4 Å². The Morgan fingerprint density at radius 1 is 0.750 bits per heavy atom. The number of hydrogen-bond donors (Lipinski definition) is 0. The van der Waals surface area contributed by atoms with E-state index < -0.39 is 8.32 Å². The summed E-state index contributed by atoms with van der Waals surface area (Å²) in [7, 11) is -2.04. The van der Waals surface area contributed by atoms with E-state index in [1.807, 2.05) is 18.2 Å². The lowest BCUT2D eigenvalue weighted by molar-refractivity contribution is -0.0482. The van der Waals surface area contributed by atoms with Crippen LogP contribution in [0, 0.1) is 11.3 Å². The van der Waals surface area contributed by atoms with Crippen LogP contribution in [0.15, 0.2) is 30.9 Å². The molecule has 0 spiro atoms. The fourth-order valence-corrected chi connectivity index (χ4v) is 12.8. The molecular formula is C40H70N4O3Si. The van der Waals surface area contributed by atoms with Crippen LogP contribution in [-0.4, -0.2) is 49.0 Å². The average molecular weight is 683 g/mol. The zero-order valence-electron chi connectivity index (χ0n) is 31.9. The number of rotatable bonds is 29. The summed E-state index contributed by atoms with van der Waals surface area (Å²) in [4.78, 5) is 4.05. The maximum atomic E-state index is 9.61. The van der Waals surface area contributed by atoms with Crippen molar-refractivity contribution in [2.24, 2.45) is 0 Å². The van der Waals surface area contributed by atoms with Crippen molar-refractivity contribution in [2.75, 3.05) is 19.8 Å². The monoisotopic (exact) mass is 683 g/mol. The van der Waals surface area contributed by atoms with Crippen molar-refractivity contribution in [1.29, 1.82) is 5.26 Å². The summed E-state index contributed by atoms with van der Waals surface area (Å²) in [5, 5.41) is 13.8. The Bertz CT molecular complexity index is 1090. The van der Waals surface area contributed by atoms with Gasteiger partial charge in [-0.25, -0.2) is 9.67 Å². The lowest BCUT2D eigenvalue weighted by atomic mass is 10.0. The van der Waals surface area contributed by atoms with Gasteiger partial charge < -0.3 is 13.9 Å². The molecule has 0 saturated heterocycles. The molecule has 0 saturated carbocycles. The molecule has 2 rings (SSSR count). The van der Waals surface area contributed by atoms with Gasteiger partial charge in [0.05, 0.1) is 31.1 Å². The first-order chi connectivity index (χ1) is 23.3. The van der Waals surface area contributed by atoms with Crippen LogP contribution in [0.25, 0.3) is 5.69 Å². The minimum atomic E-state index is -2.04. The quantitative estimate of drug-likeness (QED) is 0.0627. The van der Waals surface area contributed by atoms with Crippen molar-refractivity contribution in [3.05, 3.63) is 42.0 Å². The fraction of sp³-hybridized carbons (Fsp3) is 0.775. The Morgan fingerprint density at radius 2 is 1.29 bits per heavy atom. The molecule has 0 radical (unpaired) electrons. The molecule has 7 nitrogen and oxygen atoms in total. The minimum absolute atomic E-state index is 0.167. The zero-order valence-corrected chi connectivity index (χ0v) is 32.9. The van der Waals surface area contributed by atoms with Gasteiger partial charge in [0, 0.05) is 6.61 Å². The smallest absolute Gasteiger partial charge is 0.200 e. The molecular weight excluding hydrogens is 613 g/mol. The van der Waals surface area contributed by atoms with Crippen molar-refractivity contribution in [3.63, 3.8) is 0 Å². The first-order valence-electron chi connectivity index (χ1n) is 19.5. The lowest BCUT2D eigenvalue weighted by Crippen LogP contribution is -2.49. The molecule has 0 aliphatic heterocycles. The first-order valence-corrected chi connectivity index (χ1v) is 21.6. The van der Waals surface area contributed by atoms with Gasteiger partial charge in [-0.1, -0.05) is 151 Å². The molecule has 48 heavy (non-hydrogen) atoms. The standard InChI is InChI=1S/C40H70N4O3Si/c1-8-9-10-11-12-13-14-15-16-17-18-19-20-21-22-23-26-45-30-39(31-47-48(34(2)3,35(4)5)36(6)7)46-29-37-24-25-38(28-41)40(27-37)44-33-42-32-43-44/h24-25,27,32-36,39H,8-23,26,29-31H2,1-7H3. The third-order valence-electron chi connectivity index (χ3n) is 10.0. The van der Waals surface area contributed by atoms with Crippen molar-refractivity contribution in [2.45, 2.75) is 181 Å². The summed E-state index contributed by atoms with van der Waals surface area (Å²) in [6, 6.07) is 7.98. The predicted molar refractivity (Wildman–Crippen MR) is 202 cm³/mol. The van der Waals surface area contributed by atoms with E-state index in [4.69, 9.17) is 13.9 Å². The highest BCUT2D eigenvalue weighted by Crippen LogP contribution is 2.42. The van der Waals surface area contributed by atoms with Crippen molar-refractivity contribution >= 4 is 8.32 Å². The van der Waals surface area contributed by atoms with Gasteiger partial charge in [0.2, 0.25) is 0 Å². The Labute approximate surface area is 295 Å². The first kappa shape index (κ1) is 42.1. The Hall–Kier alpha value is -2.05. The van der Waals surface area contributed by atoms with E-state index in [-0.39, 0.29) is 6.10 Å². The van der Waals surface area contributed by atoms with Gasteiger partial charge in [-0.05, 0) is 40.7 Å². The molecule has 0 N–H and O–H groups in total. The number of hydrogen-bond acceptors (Lipinski definition) is 6. The Balaban J connectivity index is 1.77. The topological polar surface area (TPSA) is 82.2 Å². The molecule has 1 heterocycles. The molecule has 272 valence electrons. The van der Waals surface area contributed by atoms with Crippen LogP contribution in [-0.2, 0) is 20.5 Å². The lowest BCUT2D eigenvalue weighted by Gasteiger charge is -2.43. The van der Waals surface area contributed by atoms with Crippen molar-refractivity contribution in [3.8, 4) is 11.8 Å². The maximum Gasteiger partial charge on any atom is 0.200 e. The Morgan fingerprint density at radius 3 is 1.77 bits per heavy atom. The summed E-state index contributed by atoms with van der Waals surface area (Å²) in [5.41, 5.74) is 3.75. The highest BCUT2D eigenvalue weighted by Gasteiger charge is 2.45. The maximum absolute atomic E-state index is 9.61. The number of benzene rings is 1. The number of unbranched alkanes of at least 4 members (excludes halogenated alkanes) is 15. The van der Waals surface area contributed by atoms with E-state index >= 15 is 0 Å². The highest BCUT2D eigenvalue weighted by atomic mass is 28.4. The van der Waals surface area contributed by atoms with Gasteiger partial charge in [0.1, 0.15) is 24.8 Å². The number of aromatic nitrogens is 3. The van der Waals surface area contributed by atoms with Crippen LogP contribution < -0.4 is 0 Å². The third-order valence-corrected chi connectivity index (χ3v) is 16.1. The third kappa shape index (κ3) is 15.2. The number of nitrogens with zero attached hydrogens (tertiary/aromatic N) is 4. The molecule has 8 heteroatoms. The molecule has 2 aromatic rings. The van der Waals surface area contributed by atoms with E-state index in [0.29, 0.717) is 47.7 Å². The fourth-order valence-electron chi connectivity index (χ4n) is 7.35. The molecule has 1 atom stereocenters. The van der Waals surface area contributed by atoms with E-state index in [1.165, 1.54) is 103 Å². The van der Waals surface area contributed by atoms with Gasteiger partial charge in [0.25, 0.3) is 0 Å².